The number of alkyl halides is 2. The summed E-state index contributed by atoms with van der Waals surface area (Å²) < 4.78 is 38.9. The molecule has 0 bridgehead atoms. The molecule has 2 aromatic rings. The number of halogens is 2. The molecule has 0 atom stereocenters. The summed E-state index contributed by atoms with van der Waals surface area (Å²) in [6.07, 6.45) is 0.748. The molecular formula is C19H21F2NO4. The van der Waals surface area contributed by atoms with Gasteiger partial charge >= 0.3 is 6.61 Å². The van der Waals surface area contributed by atoms with Crippen LogP contribution in [0.25, 0.3) is 0 Å². The summed E-state index contributed by atoms with van der Waals surface area (Å²) in [5, 5.41) is 2.83. The fourth-order valence-electron chi connectivity index (χ4n) is 2.44. The topological polar surface area (TPSA) is 56.8 Å². The predicted octanol–water partition coefficient (Wildman–Crippen LogP) is 3.21. The van der Waals surface area contributed by atoms with E-state index < -0.39 is 6.61 Å². The minimum atomic E-state index is -2.84. The number of ether oxygens (including phenoxy) is 3. The smallest absolute Gasteiger partial charge is 0.387 e. The zero-order chi connectivity index (χ0) is 18.9. The van der Waals surface area contributed by atoms with Crippen molar-refractivity contribution >= 4 is 5.91 Å². The molecule has 1 amide bonds. The van der Waals surface area contributed by atoms with Crippen molar-refractivity contribution < 1.29 is 27.8 Å². The zero-order valence-corrected chi connectivity index (χ0v) is 14.6. The number of hydrogen-bond acceptors (Lipinski definition) is 4. The van der Waals surface area contributed by atoms with Gasteiger partial charge in [0.05, 0.1) is 20.6 Å². The molecule has 0 aromatic heterocycles. The Hall–Kier alpha value is -2.83. The number of hydrogen-bond donors (Lipinski definition) is 1. The summed E-state index contributed by atoms with van der Waals surface area (Å²) in [7, 11) is 3.11. The summed E-state index contributed by atoms with van der Waals surface area (Å²) in [6.45, 7) is -2.41. The lowest BCUT2D eigenvalue weighted by Crippen LogP contribution is -2.27. The average Bonchev–Trinajstić information content (AvgIpc) is 2.62. The van der Waals surface area contributed by atoms with Crippen LogP contribution in [0.2, 0.25) is 0 Å². The number of carbonyl (C=O) groups is 1. The van der Waals surface area contributed by atoms with Crippen molar-refractivity contribution in [2.45, 2.75) is 19.5 Å². The maximum absolute atomic E-state index is 12.1. The summed E-state index contributed by atoms with van der Waals surface area (Å²) in [5.41, 5.74) is 1.64. The predicted molar refractivity (Wildman–Crippen MR) is 93.0 cm³/mol. The second-order valence-corrected chi connectivity index (χ2v) is 5.48. The van der Waals surface area contributed by atoms with E-state index in [2.05, 4.69) is 10.1 Å². The Morgan fingerprint density at radius 2 is 1.73 bits per heavy atom. The van der Waals surface area contributed by atoms with Crippen molar-refractivity contribution in [1.29, 1.82) is 0 Å². The van der Waals surface area contributed by atoms with E-state index in [0.717, 1.165) is 11.1 Å². The van der Waals surface area contributed by atoms with Gasteiger partial charge in [0.1, 0.15) is 17.2 Å². The minimum Gasteiger partial charge on any atom is -0.497 e. The first-order chi connectivity index (χ1) is 12.5. The van der Waals surface area contributed by atoms with E-state index in [4.69, 9.17) is 9.47 Å². The normalized spacial score (nSPS) is 10.5. The van der Waals surface area contributed by atoms with Crippen LogP contribution in [-0.2, 0) is 17.6 Å². The zero-order valence-electron chi connectivity index (χ0n) is 14.6. The fourth-order valence-corrected chi connectivity index (χ4v) is 2.44. The van der Waals surface area contributed by atoms with Gasteiger partial charge in [0.2, 0.25) is 5.91 Å². The molecule has 0 aliphatic rings. The first kappa shape index (κ1) is 19.5. The van der Waals surface area contributed by atoms with E-state index in [1.54, 1.807) is 44.6 Å². The maximum Gasteiger partial charge on any atom is 0.387 e. The average molecular weight is 365 g/mol. The van der Waals surface area contributed by atoms with Gasteiger partial charge < -0.3 is 19.5 Å². The highest BCUT2D eigenvalue weighted by Gasteiger charge is 2.10. The summed E-state index contributed by atoms with van der Waals surface area (Å²) >= 11 is 0. The lowest BCUT2D eigenvalue weighted by atomic mass is 10.1. The molecule has 2 rings (SSSR count). The fraction of sp³-hybridized carbons (Fsp3) is 0.316. The van der Waals surface area contributed by atoms with E-state index in [-0.39, 0.29) is 18.1 Å². The largest absolute Gasteiger partial charge is 0.497 e. The monoisotopic (exact) mass is 365 g/mol. The van der Waals surface area contributed by atoms with Crippen LogP contribution in [0.1, 0.15) is 11.1 Å². The molecule has 7 heteroatoms. The third kappa shape index (κ3) is 5.91. The molecule has 5 nitrogen and oxygen atoms in total. The van der Waals surface area contributed by atoms with Crippen LogP contribution in [-0.4, -0.2) is 33.3 Å². The Kier molecular flexibility index (Phi) is 7.20. The molecule has 0 fully saturated rings. The second-order valence-electron chi connectivity index (χ2n) is 5.48. The summed E-state index contributed by atoms with van der Waals surface area (Å²) in [6, 6.07) is 11.6. The van der Waals surface area contributed by atoms with Gasteiger partial charge in [0.15, 0.2) is 0 Å². The van der Waals surface area contributed by atoms with Gasteiger partial charge in [-0.15, -0.1) is 0 Å². The first-order valence-corrected chi connectivity index (χ1v) is 8.03. The molecule has 0 unspecified atom stereocenters. The van der Waals surface area contributed by atoms with Crippen molar-refractivity contribution in [3.63, 3.8) is 0 Å². The van der Waals surface area contributed by atoms with Gasteiger partial charge in [-0.3, -0.25) is 4.79 Å². The van der Waals surface area contributed by atoms with Crippen LogP contribution in [0.3, 0.4) is 0 Å². The third-order valence-corrected chi connectivity index (χ3v) is 3.72. The van der Waals surface area contributed by atoms with Crippen molar-refractivity contribution in [2.24, 2.45) is 0 Å². The van der Waals surface area contributed by atoms with Gasteiger partial charge in [0, 0.05) is 12.1 Å². The Balaban J connectivity index is 1.84. The van der Waals surface area contributed by atoms with Crippen molar-refractivity contribution in [1.82, 2.24) is 5.32 Å². The van der Waals surface area contributed by atoms with Crippen LogP contribution in [0, 0.1) is 0 Å². The number of nitrogens with one attached hydrogen (secondary N) is 1. The number of methoxy groups -OCH3 is 2. The Morgan fingerprint density at radius 3 is 2.35 bits per heavy atom. The highest BCUT2D eigenvalue weighted by atomic mass is 19.3. The summed E-state index contributed by atoms with van der Waals surface area (Å²) in [5.74, 6) is 1.24. The molecule has 0 saturated heterocycles. The van der Waals surface area contributed by atoms with E-state index in [0.29, 0.717) is 24.5 Å². The lowest BCUT2D eigenvalue weighted by Gasteiger charge is -2.11. The first-order valence-electron chi connectivity index (χ1n) is 8.03. The Morgan fingerprint density at radius 1 is 1.04 bits per heavy atom. The third-order valence-electron chi connectivity index (χ3n) is 3.72. The van der Waals surface area contributed by atoms with E-state index >= 15 is 0 Å². The number of amides is 1. The van der Waals surface area contributed by atoms with Crippen LogP contribution in [0.4, 0.5) is 8.78 Å². The van der Waals surface area contributed by atoms with E-state index in [1.807, 2.05) is 0 Å². The van der Waals surface area contributed by atoms with E-state index in [9.17, 15) is 13.6 Å². The maximum atomic E-state index is 12.1. The standard InChI is InChI=1S/C19H21F2NO4/c1-24-16-7-8-17(25-2)14(11-16)12-18(23)22-10-9-13-3-5-15(6-4-13)26-19(20)21/h3-8,11,19H,9-10,12H2,1-2H3,(H,22,23). The molecule has 0 aliphatic heterocycles. The molecule has 1 N–H and O–H groups in total. The number of rotatable bonds is 9. The Bertz CT molecular complexity index is 720. The molecule has 26 heavy (non-hydrogen) atoms. The molecular weight excluding hydrogens is 344 g/mol. The second kappa shape index (κ2) is 9.60. The van der Waals surface area contributed by atoms with Gasteiger partial charge in [-0.1, -0.05) is 12.1 Å². The van der Waals surface area contributed by atoms with E-state index in [1.165, 1.54) is 12.1 Å². The van der Waals surface area contributed by atoms with Crippen molar-refractivity contribution in [3.8, 4) is 17.2 Å². The molecule has 0 spiro atoms. The molecule has 0 radical (unpaired) electrons. The molecule has 0 aliphatic carbocycles. The number of benzene rings is 2. The molecule has 0 heterocycles. The number of carbonyl (C=O) groups excluding carboxylic acids is 1. The van der Waals surface area contributed by atoms with Crippen LogP contribution in [0.5, 0.6) is 17.2 Å². The minimum absolute atomic E-state index is 0.109. The highest BCUT2D eigenvalue weighted by Crippen LogP contribution is 2.24. The van der Waals surface area contributed by atoms with Crippen molar-refractivity contribution in [3.05, 3.63) is 53.6 Å². The molecule has 2 aromatic carbocycles. The highest BCUT2D eigenvalue weighted by molar-refractivity contribution is 5.79. The molecule has 140 valence electrons. The van der Waals surface area contributed by atoms with Gasteiger partial charge in [-0.2, -0.15) is 8.78 Å². The van der Waals surface area contributed by atoms with Gasteiger partial charge in [-0.05, 0) is 42.3 Å². The Labute approximate surface area is 150 Å². The molecule has 0 saturated carbocycles. The van der Waals surface area contributed by atoms with Crippen LogP contribution >= 0.6 is 0 Å². The quantitative estimate of drug-likeness (QED) is 0.741. The lowest BCUT2D eigenvalue weighted by molar-refractivity contribution is -0.120. The summed E-state index contributed by atoms with van der Waals surface area (Å²) in [4.78, 5) is 12.1. The van der Waals surface area contributed by atoms with Crippen LogP contribution < -0.4 is 19.5 Å². The van der Waals surface area contributed by atoms with Crippen molar-refractivity contribution in [2.75, 3.05) is 20.8 Å². The SMILES string of the molecule is COc1ccc(OC)c(CC(=O)NCCc2ccc(OC(F)F)cc2)c1. The van der Waals surface area contributed by atoms with Crippen LogP contribution in [0.15, 0.2) is 42.5 Å². The van der Waals surface area contributed by atoms with Gasteiger partial charge in [0.25, 0.3) is 0 Å². The van der Waals surface area contributed by atoms with Gasteiger partial charge in [-0.25, -0.2) is 0 Å².